The van der Waals surface area contributed by atoms with E-state index in [-0.39, 0.29) is 12.5 Å². The molecule has 4 nitrogen and oxygen atoms in total. The van der Waals surface area contributed by atoms with Gasteiger partial charge in [-0.25, -0.2) is 0 Å². The molecule has 0 aromatic carbocycles. The summed E-state index contributed by atoms with van der Waals surface area (Å²) in [5, 5.41) is 9.07. The second-order valence-electron chi connectivity index (χ2n) is 4.61. The second kappa shape index (κ2) is 6.29. The Morgan fingerprint density at radius 3 is 2.67 bits per heavy atom. The number of carboxylic acids is 1. The van der Waals surface area contributed by atoms with Crippen LogP contribution in [0.5, 0.6) is 0 Å². The van der Waals surface area contributed by atoms with E-state index in [2.05, 4.69) is 25.8 Å². The molecule has 0 bridgehead atoms. The molecule has 1 aromatic heterocycles. The van der Waals surface area contributed by atoms with Gasteiger partial charge < -0.3 is 5.11 Å². The molecule has 1 N–H and O–H groups in total. The first-order valence-electron chi connectivity index (χ1n) is 6.24. The highest BCUT2D eigenvalue weighted by molar-refractivity contribution is 9.10. The number of halogens is 1. The van der Waals surface area contributed by atoms with Crippen molar-refractivity contribution in [2.45, 2.75) is 31.7 Å². The lowest BCUT2D eigenvalue weighted by atomic mass is 10.0. The molecule has 1 atom stereocenters. The average Bonchev–Trinajstić information content (AvgIpc) is 2.38. The Morgan fingerprint density at radius 2 is 2.11 bits per heavy atom. The van der Waals surface area contributed by atoms with Crippen molar-refractivity contribution in [3.05, 3.63) is 28.5 Å². The van der Waals surface area contributed by atoms with Gasteiger partial charge in [-0.15, -0.1) is 0 Å². The topological polar surface area (TPSA) is 53.4 Å². The lowest BCUT2D eigenvalue weighted by Gasteiger charge is -2.33. The smallest absolute Gasteiger partial charge is 0.305 e. The third-order valence-corrected chi connectivity index (χ3v) is 3.76. The fourth-order valence-corrected chi connectivity index (χ4v) is 2.64. The number of nitrogens with zero attached hydrogens (tertiary/aromatic N) is 2. The molecule has 2 heterocycles. The maximum Gasteiger partial charge on any atom is 0.305 e. The fourth-order valence-electron chi connectivity index (χ4n) is 2.40. The minimum absolute atomic E-state index is 0.101. The number of piperidine rings is 1. The first-order chi connectivity index (χ1) is 8.66. The molecule has 0 aliphatic carbocycles. The Hall–Kier alpha value is -0.940. The maximum atomic E-state index is 11.0. The largest absolute Gasteiger partial charge is 0.481 e. The number of pyridine rings is 1. The van der Waals surface area contributed by atoms with E-state index >= 15 is 0 Å². The van der Waals surface area contributed by atoms with Gasteiger partial charge in [0.15, 0.2) is 0 Å². The number of hydrogen-bond acceptors (Lipinski definition) is 3. The predicted molar refractivity (Wildman–Crippen MR) is 72.4 cm³/mol. The van der Waals surface area contributed by atoms with Crippen molar-refractivity contribution in [2.24, 2.45) is 0 Å². The highest BCUT2D eigenvalue weighted by atomic mass is 79.9. The van der Waals surface area contributed by atoms with Gasteiger partial charge in [0.1, 0.15) is 0 Å². The van der Waals surface area contributed by atoms with Crippen LogP contribution >= 0.6 is 15.9 Å². The molecule has 98 valence electrons. The van der Waals surface area contributed by atoms with Crippen LogP contribution in [0.1, 0.15) is 37.4 Å². The normalized spacial score (nSPS) is 18.5. The molecule has 18 heavy (non-hydrogen) atoms. The Kier molecular flexibility index (Phi) is 4.72. The van der Waals surface area contributed by atoms with E-state index in [1.165, 1.54) is 6.42 Å². The minimum Gasteiger partial charge on any atom is -0.481 e. The van der Waals surface area contributed by atoms with Crippen LogP contribution < -0.4 is 0 Å². The van der Waals surface area contributed by atoms with E-state index < -0.39 is 5.97 Å². The van der Waals surface area contributed by atoms with Crippen LogP contribution in [0.2, 0.25) is 0 Å². The molecular formula is C13H17BrN2O2. The molecule has 1 unspecified atom stereocenters. The Bertz CT molecular complexity index is 402. The Balaban J connectivity index is 2.17. The van der Waals surface area contributed by atoms with E-state index in [1.807, 2.05) is 12.1 Å². The van der Waals surface area contributed by atoms with Crippen LogP contribution in [0.4, 0.5) is 0 Å². The van der Waals surface area contributed by atoms with Gasteiger partial charge in [-0.2, -0.15) is 0 Å². The molecular weight excluding hydrogens is 296 g/mol. The monoisotopic (exact) mass is 312 g/mol. The van der Waals surface area contributed by atoms with Crippen LogP contribution in [-0.2, 0) is 4.79 Å². The van der Waals surface area contributed by atoms with Crippen molar-refractivity contribution in [2.75, 3.05) is 13.1 Å². The number of carboxylic acid groups (broad SMARTS) is 1. The number of aliphatic carboxylic acids is 1. The first kappa shape index (κ1) is 13.5. The number of hydrogen-bond donors (Lipinski definition) is 1. The highest BCUT2D eigenvalue weighted by Crippen LogP contribution is 2.26. The third kappa shape index (κ3) is 3.53. The van der Waals surface area contributed by atoms with E-state index in [1.54, 1.807) is 6.20 Å². The van der Waals surface area contributed by atoms with Crippen molar-refractivity contribution in [3.8, 4) is 0 Å². The average molecular weight is 313 g/mol. The van der Waals surface area contributed by atoms with Gasteiger partial charge in [0, 0.05) is 10.7 Å². The van der Waals surface area contributed by atoms with Crippen molar-refractivity contribution >= 4 is 21.9 Å². The van der Waals surface area contributed by atoms with E-state index in [9.17, 15) is 4.79 Å². The fraction of sp³-hybridized carbons (Fsp3) is 0.538. The summed E-state index contributed by atoms with van der Waals surface area (Å²) in [7, 11) is 0. The second-order valence-corrected chi connectivity index (χ2v) is 5.53. The molecule has 1 fully saturated rings. The Labute approximate surface area is 115 Å². The lowest BCUT2D eigenvalue weighted by molar-refractivity contribution is -0.138. The number of likely N-dealkylation sites (tertiary alicyclic amines) is 1. The van der Waals surface area contributed by atoms with Crippen LogP contribution in [0.25, 0.3) is 0 Å². The zero-order valence-electron chi connectivity index (χ0n) is 10.2. The van der Waals surface area contributed by atoms with Gasteiger partial charge >= 0.3 is 5.97 Å². The highest BCUT2D eigenvalue weighted by Gasteiger charge is 2.25. The summed E-state index contributed by atoms with van der Waals surface area (Å²) >= 11 is 3.35. The SMILES string of the molecule is O=C(O)CC(c1ccc(Br)cn1)N1CCCCC1. The van der Waals surface area contributed by atoms with Gasteiger partial charge in [-0.1, -0.05) is 6.42 Å². The molecule has 0 spiro atoms. The van der Waals surface area contributed by atoms with Gasteiger partial charge in [0.25, 0.3) is 0 Å². The number of carbonyl (C=O) groups is 1. The van der Waals surface area contributed by atoms with Crippen LogP contribution in [0.3, 0.4) is 0 Å². The predicted octanol–water partition coefficient (Wildman–Crippen LogP) is 2.85. The molecule has 1 aromatic rings. The quantitative estimate of drug-likeness (QED) is 0.929. The summed E-state index contributed by atoms with van der Waals surface area (Å²) < 4.78 is 0.916. The minimum atomic E-state index is -0.768. The van der Waals surface area contributed by atoms with Crippen molar-refractivity contribution in [3.63, 3.8) is 0 Å². The first-order valence-corrected chi connectivity index (χ1v) is 7.03. The standard InChI is InChI=1S/C13H17BrN2O2/c14-10-4-5-11(15-9-10)12(8-13(17)18)16-6-2-1-3-7-16/h4-5,9,12H,1-3,6-8H2,(H,17,18). The van der Waals surface area contributed by atoms with E-state index in [0.29, 0.717) is 0 Å². The molecule has 1 aliphatic rings. The van der Waals surface area contributed by atoms with Gasteiger partial charge in [0.05, 0.1) is 18.2 Å². The molecule has 0 radical (unpaired) electrons. The summed E-state index contributed by atoms with van der Waals surface area (Å²) in [5.74, 6) is -0.768. The lowest BCUT2D eigenvalue weighted by Crippen LogP contribution is -2.35. The van der Waals surface area contributed by atoms with Gasteiger partial charge in [-0.3, -0.25) is 14.7 Å². The zero-order chi connectivity index (χ0) is 13.0. The third-order valence-electron chi connectivity index (χ3n) is 3.29. The van der Waals surface area contributed by atoms with Crippen molar-refractivity contribution < 1.29 is 9.90 Å². The van der Waals surface area contributed by atoms with Gasteiger partial charge in [-0.05, 0) is 54.0 Å². The van der Waals surface area contributed by atoms with Crippen molar-refractivity contribution in [1.82, 2.24) is 9.88 Å². The van der Waals surface area contributed by atoms with Gasteiger partial charge in [0.2, 0.25) is 0 Å². The summed E-state index contributed by atoms with van der Waals surface area (Å²) in [6, 6.07) is 3.73. The maximum absolute atomic E-state index is 11.0. The molecule has 2 rings (SSSR count). The molecule has 1 aliphatic heterocycles. The summed E-state index contributed by atoms with van der Waals surface area (Å²) in [6.07, 6.45) is 5.38. The number of rotatable bonds is 4. The zero-order valence-corrected chi connectivity index (χ0v) is 11.8. The summed E-state index contributed by atoms with van der Waals surface area (Å²) in [4.78, 5) is 17.6. The molecule has 0 amide bonds. The summed E-state index contributed by atoms with van der Waals surface area (Å²) in [6.45, 7) is 1.94. The van der Waals surface area contributed by atoms with Crippen LogP contribution in [-0.4, -0.2) is 34.0 Å². The number of aromatic nitrogens is 1. The molecule has 1 saturated heterocycles. The van der Waals surface area contributed by atoms with E-state index in [4.69, 9.17) is 5.11 Å². The van der Waals surface area contributed by atoms with Crippen LogP contribution in [0, 0.1) is 0 Å². The Morgan fingerprint density at radius 1 is 1.39 bits per heavy atom. The summed E-state index contributed by atoms with van der Waals surface area (Å²) in [5.41, 5.74) is 0.850. The molecule has 5 heteroatoms. The van der Waals surface area contributed by atoms with Crippen molar-refractivity contribution in [1.29, 1.82) is 0 Å². The van der Waals surface area contributed by atoms with Crippen LogP contribution in [0.15, 0.2) is 22.8 Å². The van der Waals surface area contributed by atoms with E-state index in [0.717, 1.165) is 36.1 Å². The molecule has 0 saturated carbocycles.